The number of halogens is 1. The van der Waals surface area contributed by atoms with Crippen LogP contribution in [-0.4, -0.2) is 11.9 Å². The first-order valence-electron chi connectivity index (χ1n) is 7.82. The molecule has 0 saturated heterocycles. The molecule has 1 aliphatic heterocycles. The van der Waals surface area contributed by atoms with Crippen LogP contribution >= 0.6 is 11.6 Å². The number of ether oxygens (including phenoxy) is 1. The third-order valence-electron chi connectivity index (χ3n) is 3.94. The first kappa shape index (κ1) is 16.3. The topological polar surface area (TPSA) is 68.9 Å². The first-order chi connectivity index (χ1) is 12.5. The number of cyclic esters (lactones) is 1. The summed E-state index contributed by atoms with van der Waals surface area (Å²) in [6, 6.07) is 12.2. The van der Waals surface area contributed by atoms with Gasteiger partial charge in [-0.3, -0.25) is 4.79 Å². The van der Waals surface area contributed by atoms with E-state index in [1.807, 2.05) is 25.1 Å². The molecule has 0 N–H and O–H groups in total. The largest absolute Gasteiger partial charge is 0.463 e. The molecule has 2 heterocycles. The van der Waals surface area contributed by atoms with Crippen molar-refractivity contribution < 1.29 is 13.9 Å². The Kier molecular flexibility index (Phi) is 3.93. The average molecular weight is 366 g/mol. The Bertz CT molecular complexity index is 1170. The molecule has 128 valence electrons. The molecule has 1 aromatic heterocycles. The Morgan fingerprint density at radius 2 is 1.96 bits per heavy atom. The van der Waals surface area contributed by atoms with Crippen molar-refractivity contribution in [3.8, 4) is 0 Å². The van der Waals surface area contributed by atoms with Crippen molar-refractivity contribution in [1.29, 1.82) is 0 Å². The third kappa shape index (κ3) is 2.93. The van der Waals surface area contributed by atoms with Crippen LogP contribution in [0.2, 0.25) is 5.02 Å². The number of nitrogens with zero attached hydrogens (tertiary/aromatic N) is 1. The summed E-state index contributed by atoms with van der Waals surface area (Å²) in [5.41, 5.74) is 2.06. The minimum atomic E-state index is -0.618. The Balaban J connectivity index is 1.79. The fourth-order valence-electron chi connectivity index (χ4n) is 2.68. The average Bonchev–Trinajstić information content (AvgIpc) is 2.99. The van der Waals surface area contributed by atoms with Crippen LogP contribution in [0.3, 0.4) is 0 Å². The minimum Gasteiger partial charge on any atom is -0.463 e. The number of fused-ring (bicyclic) bond motifs is 1. The lowest BCUT2D eigenvalue weighted by atomic mass is 10.1. The van der Waals surface area contributed by atoms with Gasteiger partial charge >= 0.3 is 5.97 Å². The number of aryl methyl sites for hydroxylation is 1. The summed E-state index contributed by atoms with van der Waals surface area (Å²) in [6.07, 6.45) is 2.65. The normalized spacial score (nSPS) is 15.4. The van der Waals surface area contributed by atoms with Gasteiger partial charge in [0.1, 0.15) is 11.8 Å². The predicted molar refractivity (Wildman–Crippen MR) is 99.3 cm³/mol. The second-order valence-corrected chi connectivity index (χ2v) is 6.30. The molecular weight excluding hydrogens is 354 g/mol. The molecule has 6 heteroatoms. The Labute approximate surface area is 153 Å². The van der Waals surface area contributed by atoms with Crippen molar-refractivity contribution >= 4 is 40.5 Å². The summed E-state index contributed by atoms with van der Waals surface area (Å²) < 4.78 is 10.7. The highest BCUT2D eigenvalue weighted by Crippen LogP contribution is 2.21. The van der Waals surface area contributed by atoms with E-state index in [2.05, 4.69) is 4.99 Å². The van der Waals surface area contributed by atoms with Crippen molar-refractivity contribution in [3.63, 3.8) is 0 Å². The van der Waals surface area contributed by atoms with E-state index < -0.39 is 5.97 Å². The molecule has 0 saturated carbocycles. The zero-order valence-electron chi connectivity index (χ0n) is 13.7. The number of aliphatic imine (C=N–C) groups is 1. The van der Waals surface area contributed by atoms with Gasteiger partial charge in [0, 0.05) is 10.6 Å². The summed E-state index contributed by atoms with van der Waals surface area (Å²) in [5.74, 6) is -0.412. The molecule has 4 rings (SSSR count). The number of benzene rings is 2. The van der Waals surface area contributed by atoms with Crippen molar-refractivity contribution in [2.45, 2.75) is 6.92 Å². The molecule has 1 aliphatic rings. The first-order valence-corrected chi connectivity index (χ1v) is 8.20. The van der Waals surface area contributed by atoms with E-state index in [-0.39, 0.29) is 22.6 Å². The van der Waals surface area contributed by atoms with E-state index in [1.54, 1.807) is 18.2 Å². The lowest BCUT2D eigenvalue weighted by molar-refractivity contribution is -0.129. The molecule has 0 bridgehead atoms. The Hall–Kier alpha value is -3.18. The van der Waals surface area contributed by atoms with Crippen molar-refractivity contribution in [2.24, 2.45) is 4.99 Å². The zero-order chi connectivity index (χ0) is 18.3. The molecule has 5 nitrogen and oxygen atoms in total. The molecule has 0 unspecified atom stereocenters. The van der Waals surface area contributed by atoms with Crippen molar-refractivity contribution in [1.82, 2.24) is 0 Å². The van der Waals surface area contributed by atoms with Gasteiger partial charge in [0.05, 0.1) is 10.9 Å². The van der Waals surface area contributed by atoms with Gasteiger partial charge in [-0.15, -0.1) is 0 Å². The molecule has 0 radical (unpaired) electrons. The second-order valence-electron chi connectivity index (χ2n) is 5.87. The number of carbonyl (C=O) groups excluding carboxylic acids is 1. The monoisotopic (exact) mass is 365 g/mol. The van der Waals surface area contributed by atoms with Crippen LogP contribution in [0.5, 0.6) is 0 Å². The molecular formula is C20H12ClNO4. The zero-order valence-corrected chi connectivity index (χ0v) is 14.4. The maximum atomic E-state index is 12.6. The van der Waals surface area contributed by atoms with Crippen LogP contribution in [-0.2, 0) is 9.53 Å². The second kappa shape index (κ2) is 6.28. The lowest BCUT2D eigenvalue weighted by Crippen LogP contribution is -2.07. The number of hydrogen-bond acceptors (Lipinski definition) is 5. The fraction of sp³-hybridized carbons (Fsp3) is 0.0500. The van der Waals surface area contributed by atoms with Gasteiger partial charge in [-0.05, 0) is 43.3 Å². The molecule has 0 spiro atoms. The number of hydrogen-bond donors (Lipinski definition) is 0. The van der Waals surface area contributed by atoms with Gasteiger partial charge in [-0.2, -0.15) is 0 Å². The Morgan fingerprint density at radius 1 is 1.12 bits per heavy atom. The van der Waals surface area contributed by atoms with E-state index in [9.17, 15) is 9.59 Å². The molecule has 2 aromatic carbocycles. The van der Waals surface area contributed by atoms with E-state index >= 15 is 0 Å². The number of carbonyl (C=O) groups is 1. The number of esters is 1. The van der Waals surface area contributed by atoms with Gasteiger partial charge in [0.25, 0.3) is 0 Å². The molecule has 3 aromatic rings. The summed E-state index contributed by atoms with van der Waals surface area (Å²) in [5, 5.41) is 0.760. The smallest absolute Gasteiger partial charge is 0.363 e. The van der Waals surface area contributed by atoms with Crippen LogP contribution < -0.4 is 5.43 Å². The molecule has 0 amide bonds. The van der Waals surface area contributed by atoms with Crippen LogP contribution in [0.15, 0.2) is 68.6 Å². The predicted octanol–water partition coefficient (Wildman–Crippen LogP) is 4.10. The van der Waals surface area contributed by atoms with Crippen LogP contribution in [0.25, 0.3) is 17.0 Å². The highest BCUT2D eigenvalue weighted by atomic mass is 35.5. The lowest BCUT2D eigenvalue weighted by Gasteiger charge is -1.99. The molecule has 0 aliphatic carbocycles. The van der Waals surface area contributed by atoms with Gasteiger partial charge < -0.3 is 9.15 Å². The van der Waals surface area contributed by atoms with Crippen LogP contribution in [0.4, 0.5) is 0 Å². The third-order valence-corrected chi connectivity index (χ3v) is 4.17. The summed E-state index contributed by atoms with van der Waals surface area (Å²) in [4.78, 5) is 28.9. The van der Waals surface area contributed by atoms with Crippen LogP contribution in [0, 0.1) is 6.92 Å². The summed E-state index contributed by atoms with van der Waals surface area (Å²) in [7, 11) is 0. The van der Waals surface area contributed by atoms with E-state index in [0.717, 1.165) is 5.56 Å². The van der Waals surface area contributed by atoms with E-state index in [0.29, 0.717) is 21.6 Å². The van der Waals surface area contributed by atoms with E-state index in [1.165, 1.54) is 18.4 Å². The van der Waals surface area contributed by atoms with Crippen LogP contribution in [0.1, 0.15) is 16.7 Å². The van der Waals surface area contributed by atoms with E-state index in [4.69, 9.17) is 20.8 Å². The summed E-state index contributed by atoms with van der Waals surface area (Å²) in [6.45, 7) is 1.93. The highest BCUT2D eigenvalue weighted by Gasteiger charge is 2.24. The SMILES string of the molecule is Cc1cccc(C2=NC(=Cc3coc4ccc(Cl)cc4c3=O)C(=O)O2)c1. The van der Waals surface area contributed by atoms with Crippen molar-refractivity contribution in [2.75, 3.05) is 0 Å². The molecule has 26 heavy (non-hydrogen) atoms. The standard InChI is InChI=1S/C20H12ClNO4/c1-11-3-2-4-12(7-11)19-22-16(20(24)26-19)8-13-10-25-17-6-5-14(21)9-15(17)18(13)23/h2-10H,1H3. The van der Waals surface area contributed by atoms with Gasteiger partial charge in [0.2, 0.25) is 5.90 Å². The van der Waals surface area contributed by atoms with Crippen molar-refractivity contribution in [3.05, 3.63) is 86.4 Å². The summed E-state index contributed by atoms with van der Waals surface area (Å²) >= 11 is 5.94. The number of rotatable bonds is 2. The molecule has 0 fully saturated rings. The maximum Gasteiger partial charge on any atom is 0.363 e. The fourth-order valence-corrected chi connectivity index (χ4v) is 2.85. The molecule has 0 atom stereocenters. The quantitative estimate of drug-likeness (QED) is 0.506. The Morgan fingerprint density at radius 3 is 2.77 bits per heavy atom. The highest BCUT2D eigenvalue weighted by molar-refractivity contribution is 6.31. The van der Waals surface area contributed by atoms with Gasteiger partial charge in [-0.1, -0.05) is 29.3 Å². The van der Waals surface area contributed by atoms with Gasteiger partial charge in [0.15, 0.2) is 11.1 Å². The maximum absolute atomic E-state index is 12.6. The minimum absolute atomic E-state index is 0.0372. The van der Waals surface area contributed by atoms with Gasteiger partial charge in [-0.25, -0.2) is 9.79 Å².